The Balaban J connectivity index is 1.89. The number of thiazole rings is 1. The average molecular weight is 318 g/mol. The molecule has 1 aliphatic heterocycles. The fourth-order valence-electron chi connectivity index (χ4n) is 3.35. The number of amides is 1. The smallest absolute Gasteiger partial charge is 0.308 e. The van der Waals surface area contributed by atoms with Crippen LogP contribution in [0, 0.1) is 6.92 Å². The summed E-state index contributed by atoms with van der Waals surface area (Å²) in [5.41, 5.74) is 1.98. The van der Waals surface area contributed by atoms with Gasteiger partial charge < -0.3 is 4.90 Å². The number of hydrogen-bond donors (Lipinski definition) is 0. The van der Waals surface area contributed by atoms with Gasteiger partial charge in [-0.3, -0.25) is 14.2 Å². The Morgan fingerprint density at radius 1 is 1.36 bits per heavy atom. The Kier molecular flexibility index (Phi) is 4.34. The van der Waals surface area contributed by atoms with Crippen molar-refractivity contribution in [2.75, 3.05) is 6.54 Å². The first-order valence-corrected chi connectivity index (χ1v) is 8.82. The lowest BCUT2D eigenvalue weighted by atomic mass is 10.00. The van der Waals surface area contributed by atoms with Gasteiger partial charge in [-0.25, -0.2) is 0 Å². The predicted octanol–water partition coefficient (Wildman–Crippen LogP) is 3.16. The Morgan fingerprint density at radius 3 is 2.95 bits per heavy atom. The number of piperidine rings is 1. The first-order valence-electron chi connectivity index (χ1n) is 8.00. The molecule has 0 spiro atoms. The number of carbonyl (C=O) groups excluding carboxylic acids is 1. The zero-order valence-corrected chi connectivity index (χ0v) is 14.0. The van der Waals surface area contributed by atoms with E-state index in [2.05, 4.69) is 6.92 Å². The molecule has 1 aromatic carbocycles. The Hall–Kier alpha value is -1.62. The van der Waals surface area contributed by atoms with E-state index in [0.29, 0.717) is 6.04 Å². The van der Waals surface area contributed by atoms with E-state index < -0.39 is 0 Å². The van der Waals surface area contributed by atoms with Crippen molar-refractivity contribution in [3.63, 3.8) is 0 Å². The molecule has 1 saturated heterocycles. The minimum atomic E-state index is -0.0392. The number of hydrogen-bond acceptors (Lipinski definition) is 3. The Labute approximate surface area is 134 Å². The van der Waals surface area contributed by atoms with E-state index in [-0.39, 0.29) is 17.3 Å². The Bertz CT molecular complexity index is 747. The first-order chi connectivity index (χ1) is 10.6. The quantitative estimate of drug-likeness (QED) is 0.872. The molecule has 0 saturated carbocycles. The monoisotopic (exact) mass is 318 g/mol. The van der Waals surface area contributed by atoms with Gasteiger partial charge in [0.15, 0.2) is 0 Å². The molecule has 3 rings (SSSR count). The summed E-state index contributed by atoms with van der Waals surface area (Å²) < 4.78 is 2.63. The lowest BCUT2D eigenvalue weighted by Crippen LogP contribution is -2.45. The van der Waals surface area contributed by atoms with Crippen LogP contribution in [0.2, 0.25) is 0 Å². The third kappa shape index (κ3) is 2.70. The van der Waals surface area contributed by atoms with Crippen molar-refractivity contribution in [1.29, 1.82) is 0 Å². The van der Waals surface area contributed by atoms with Crippen molar-refractivity contribution in [1.82, 2.24) is 9.47 Å². The highest BCUT2D eigenvalue weighted by Gasteiger charge is 2.26. The number of aryl methyl sites for hydroxylation is 1. The van der Waals surface area contributed by atoms with Crippen molar-refractivity contribution in [3.8, 4) is 0 Å². The zero-order valence-electron chi connectivity index (χ0n) is 13.2. The van der Waals surface area contributed by atoms with Crippen molar-refractivity contribution in [2.45, 2.75) is 52.1 Å². The van der Waals surface area contributed by atoms with E-state index >= 15 is 0 Å². The molecule has 1 unspecified atom stereocenters. The van der Waals surface area contributed by atoms with Crippen LogP contribution >= 0.6 is 11.3 Å². The van der Waals surface area contributed by atoms with E-state index in [0.717, 1.165) is 41.6 Å². The summed E-state index contributed by atoms with van der Waals surface area (Å²) in [6.07, 6.45) is 4.34. The zero-order chi connectivity index (χ0) is 15.7. The molecule has 0 aliphatic carbocycles. The van der Waals surface area contributed by atoms with Crippen LogP contribution in [0.3, 0.4) is 0 Å². The van der Waals surface area contributed by atoms with E-state index in [1.807, 2.05) is 30.0 Å². The van der Waals surface area contributed by atoms with E-state index in [1.54, 1.807) is 4.57 Å². The standard InChI is InChI=1S/C17H22N2O2S/c1-3-13-8-4-5-10-18(13)15(20)11-19-14-9-6-7-12(2)16(14)22-17(19)21/h6-7,9,13H,3-5,8,10-11H2,1-2H3. The van der Waals surface area contributed by atoms with Crippen LogP contribution in [0.4, 0.5) is 0 Å². The highest BCUT2D eigenvalue weighted by atomic mass is 32.1. The average Bonchev–Trinajstić information content (AvgIpc) is 2.85. The minimum Gasteiger partial charge on any atom is -0.338 e. The molecule has 1 amide bonds. The fraction of sp³-hybridized carbons (Fsp3) is 0.529. The largest absolute Gasteiger partial charge is 0.338 e. The van der Waals surface area contributed by atoms with Crippen LogP contribution in [0.15, 0.2) is 23.0 Å². The lowest BCUT2D eigenvalue weighted by molar-refractivity contribution is -0.135. The summed E-state index contributed by atoms with van der Waals surface area (Å²) in [7, 11) is 0. The number of benzene rings is 1. The lowest BCUT2D eigenvalue weighted by Gasteiger charge is -2.35. The number of rotatable bonds is 3. The van der Waals surface area contributed by atoms with E-state index in [1.165, 1.54) is 17.8 Å². The molecule has 0 radical (unpaired) electrons. The summed E-state index contributed by atoms with van der Waals surface area (Å²) in [4.78, 5) is 26.9. The third-order valence-corrected chi connectivity index (χ3v) is 5.73. The summed E-state index contributed by atoms with van der Waals surface area (Å²) >= 11 is 1.24. The van der Waals surface area contributed by atoms with Gasteiger partial charge in [0.25, 0.3) is 0 Å². The van der Waals surface area contributed by atoms with Gasteiger partial charge >= 0.3 is 4.87 Å². The predicted molar refractivity (Wildman–Crippen MR) is 90.5 cm³/mol. The maximum absolute atomic E-state index is 12.7. The molecule has 2 aromatic rings. The molecule has 1 fully saturated rings. The topological polar surface area (TPSA) is 42.3 Å². The van der Waals surface area contributed by atoms with Crippen molar-refractivity contribution >= 4 is 27.5 Å². The van der Waals surface area contributed by atoms with Crippen LogP contribution in [0.5, 0.6) is 0 Å². The molecule has 2 heterocycles. The van der Waals surface area contributed by atoms with Crippen molar-refractivity contribution in [3.05, 3.63) is 33.4 Å². The maximum atomic E-state index is 12.7. The summed E-state index contributed by atoms with van der Waals surface area (Å²) in [5.74, 6) is 0.0786. The van der Waals surface area contributed by atoms with Crippen molar-refractivity contribution in [2.24, 2.45) is 0 Å². The van der Waals surface area contributed by atoms with Gasteiger partial charge in [-0.05, 0) is 44.2 Å². The highest BCUT2D eigenvalue weighted by molar-refractivity contribution is 7.16. The van der Waals surface area contributed by atoms with Gasteiger partial charge in [-0.2, -0.15) is 0 Å². The second-order valence-electron chi connectivity index (χ2n) is 6.02. The highest BCUT2D eigenvalue weighted by Crippen LogP contribution is 2.23. The van der Waals surface area contributed by atoms with Crippen LogP contribution in [-0.4, -0.2) is 28.0 Å². The number of fused-ring (bicyclic) bond motifs is 1. The molecule has 118 valence electrons. The molecule has 22 heavy (non-hydrogen) atoms. The Morgan fingerprint density at radius 2 is 2.18 bits per heavy atom. The molecule has 0 N–H and O–H groups in total. The van der Waals surface area contributed by atoms with Gasteiger partial charge in [-0.15, -0.1) is 0 Å². The molecular weight excluding hydrogens is 296 g/mol. The minimum absolute atomic E-state index is 0.0392. The molecule has 1 aliphatic rings. The van der Waals surface area contributed by atoms with Crippen LogP contribution in [0.1, 0.15) is 38.2 Å². The molecule has 5 heteroatoms. The van der Waals surface area contributed by atoms with Gasteiger partial charge in [-0.1, -0.05) is 30.4 Å². The fourth-order valence-corrected chi connectivity index (χ4v) is 4.31. The summed E-state index contributed by atoms with van der Waals surface area (Å²) in [5, 5.41) is 0. The number of likely N-dealkylation sites (tertiary alicyclic amines) is 1. The van der Waals surface area contributed by atoms with Crippen LogP contribution < -0.4 is 4.87 Å². The van der Waals surface area contributed by atoms with Gasteiger partial charge in [0.2, 0.25) is 5.91 Å². The summed E-state index contributed by atoms with van der Waals surface area (Å²) in [6, 6.07) is 6.22. The first kappa shape index (κ1) is 15.3. The number of carbonyl (C=O) groups is 1. The molecule has 1 aromatic heterocycles. The third-order valence-electron chi connectivity index (χ3n) is 4.60. The van der Waals surface area contributed by atoms with Crippen molar-refractivity contribution < 1.29 is 4.79 Å². The van der Waals surface area contributed by atoms with Crippen LogP contribution in [-0.2, 0) is 11.3 Å². The number of aromatic nitrogens is 1. The van der Waals surface area contributed by atoms with Crippen LogP contribution in [0.25, 0.3) is 10.2 Å². The number of nitrogens with zero attached hydrogens (tertiary/aromatic N) is 2. The maximum Gasteiger partial charge on any atom is 0.308 e. The second kappa shape index (κ2) is 6.24. The summed E-state index contributed by atoms with van der Waals surface area (Å²) in [6.45, 7) is 5.12. The second-order valence-corrected chi connectivity index (χ2v) is 6.98. The SMILES string of the molecule is CCC1CCCCN1C(=O)Cn1c(=O)sc2c(C)cccc21. The molecule has 1 atom stereocenters. The van der Waals surface area contributed by atoms with E-state index in [9.17, 15) is 9.59 Å². The molecule has 0 bridgehead atoms. The molecular formula is C17H22N2O2S. The normalized spacial score (nSPS) is 18.8. The van der Waals surface area contributed by atoms with Gasteiger partial charge in [0.1, 0.15) is 6.54 Å². The molecule has 4 nitrogen and oxygen atoms in total. The van der Waals surface area contributed by atoms with E-state index in [4.69, 9.17) is 0 Å². The van der Waals surface area contributed by atoms with Gasteiger partial charge in [0.05, 0.1) is 10.2 Å². The van der Waals surface area contributed by atoms with Gasteiger partial charge in [0, 0.05) is 12.6 Å².